The van der Waals surface area contributed by atoms with Gasteiger partial charge in [-0.15, -0.1) is 0 Å². The largest absolute Gasteiger partial charge is 0.465 e. The first-order valence-corrected chi connectivity index (χ1v) is 10.7. The molecule has 0 atom stereocenters. The summed E-state index contributed by atoms with van der Waals surface area (Å²) in [5.74, 6) is -0.281. The van der Waals surface area contributed by atoms with Crippen LogP contribution >= 0.6 is 11.6 Å². The highest BCUT2D eigenvalue weighted by molar-refractivity contribution is 6.34. The molecule has 32 heavy (non-hydrogen) atoms. The van der Waals surface area contributed by atoms with Crippen LogP contribution in [0.4, 0.5) is 18.9 Å². The van der Waals surface area contributed by atoms with Crippen LogP contribution in [0, 0.1) is 5.92 Å². The number of aliphatic imine (C=N–C) groups is 1. The lowest BCUT2D eigenvalue weighted by atomic mass is 10.1. The molecule has 2 aromatic carbocycles. The van der Waals surface area contributed by atoms with E-state index in [0.717, 1.165) is 12.1 Å². The normalized spacial score (nSPS) is 15.3. The van der Waals surface area contributed by atoms with Gasteiger partial charge in [0.1, 0.15) is 0 Å². The SMILES string of the molecule is CC(C)COC(=NC(=O)c1ccccc1Cl)N1CCN(c2cccc(C(F)(F)F)c2)CC1. The number of alkyl halides is 3. The van der Waals surface area contributed by atoms with Gasteiger partial charge in [0, 0.05) is 31.9 Å². The standard InChI is InChI=1S/C23H25ClF3N3O2/c1-16(2)15-32-22(28-21(31)19-8-3-4-9-20(19)24)30-12-10-29(11-13-30)18-7-5-6-17(14-18)23(25,26)27/h3-9,14,16H,10-13,15H2,1-2H3. The van der Waals surface area contributed by atoms with Gasteiger partial charge in [0.25, 0.3) is 11.9 Å². The topological polar surface area (TPSA) is 45.1 Å². The number of nitrogens with zero attached hydrogens (tertiary/aromatic N) is 3. The fraction of sp³-hybridized carbons (Fsp3) is 0.391. The summed E-state index contributed by atoms with van der Waals surface area (Å²) in [6, 6.07) is 12.1. The maximum atomic E-state index is 13.0. The molecule has 0 aromatic heterocycles. The number of amidine groups is 1. The van der Waals surface area contributed by atoms with Crippen molar-refractivity contribution in [2.75, 3.05) is 37.7 Å². The first-order valence-electron chi connectivity index (χ1n) is 10.3. The molecule has 9 heteroatoms. The highest BCUT2D eigenvalue weighted by atomic mass is 35.5. The number of amides is 1. The van der Waals surface area contributed by atoms with Crippen molar-refractivity contribution in [2.45, 2.75) is 20.0 Å². The highest BCUT2D eigenvalue weighted by Crippen LogP contribution is 2.32. The number of benzene rings is 2. The van der Waals surface area contributed by atoms with E-state index in [1.807, 2.05) is 23.6 Å². The van der Waals surface area contributed by atoms with Gasteiger partial charge < -0.3 is 14.5 Å². The van der Waals surface area contributed by atoms with E-state index >= 15 is 0 Å². The van der Waals surface area contributed by atoms with Gasteiger partial charge in [-0.2, -0.15) is 18.2 Å². The van der Waals surface area contributed by atoms with Crippen LogP contribution in [0.15, 0.2) is 53.5 Å². The molecule has 172 valence electrons. The Balaban J connectivity index is 1.74. The van der Waals surface area contributed by atoms with E-state index in [9.17, 15) is 18.0 Å². The summed E-state index contributed by atoms with van der Waals surface area (Å²) in [6.07, 6.45) is -4.39. The number of piperazine rings is 1. The van der Waals surface area contributed by atoms with Gasteiger partial charge >= 0.3 is 6.18 Å². The third-order valence-corrected chi connectivity index (χ3v) is 5.27. The Morgan fingerprint density at radius 3 is 2.41 bits per heavy atom. The summed E-state index contributed by atoms with van der Waals surface area (Å²) in [6.45, 7) is 6.17. The van der Waals surface area contributed by atoms with E-state index in [1.165, 1.54) is 6.07 Å². The van der Waals surface area contributed by atoms with E-state index in [4.69, 9.17) is 16.3 Å². The van der Waals surface area contributed by atoms with Crippen molar-refractivity contribution in [3.63, 3.8) is 0 Å². The molecule has 0 saturated carbocycles. The molecule has 0 N–H and O–H groups in total. The summed E-state index contributed by atoms with van der Waals surface area (Å²) >= 11 is 6.12. The number of ether oxygens (including phenoxy) is 1. The second kappa shape index (κ2) is 10.3. The van der Waals surface area contributed by atoms with Crippen LogP contribution in [0.3, 0.4) is 0 Å². The van der Waals surface area contributed by atoms with Crippen molar-refractivity contribution < 1.29 is 22.7 Å². The van der Waals surface area contributed by atoms with Crippen molar-refractivity contribution in [3.05, 3.63) is 64.7 Å². The van der Waals surface area contributed by atoms with Crippen LogP contribution in [0.1, 0.15) is 29.8 Å². The number of anilines is 1. The van der Waals surface area contributed by atoms with Crippen LogP contribution in [0.25, 0.3) is 0 Å². The average molecular weight is 468 g/mol. The molecule has 1 amide bonds. The lowest BCUT2D eigenvalue weighted by Crippen LogP contribution is -2.49. The minimum atomic E-state index is -4.39. The van der Waals surface area contributed by atoms with E-state index in [0.29, 0.717) is 43.5 Å². The second-order valence-corrected chi connectivity index (χ2v) is 8.31. The Bertz CT molecular complexity index is 971. The van der Waals surface area contributed by atoms with E-state index in [1.54, 1.807) is 30.3 Å². The van der Waals surface area contributed by atoms with E-state index in [-0.39, 0.29) is 17.5 Å². The maximum Gasteiger partial charge on any atom is 0.416 e. The van der Waals surface area contributed by atoms with Gasteiger partial charge in [-0.1, -0.05) is 43.6 Å². The number of hydrogen-bond donors (Lipinski definition) is 0. The van der Waals surface area contributed by atoms with Gasteiger partial charge in [-0.25, -0.2) is 0 Å². The molecule has 0 bridgehead atoms. The van der Waals surface area contributed by atoms with Crippen LogP contribution in [0.5, 0.6) is 0 Å². The van der Waals surface area contributed by atoms with Gasteiger partial charge in [0.05, 0.1) is 22.8 Å². The average Bonchev–Trinajstić information content (AvgIpc) is 2.76. The lowest BCUT2D eigenvalue weighted by molar-refractivity contribution is -0.137. The molecule has 0 radical (unpaired) electrons. The van der Waals surface area contributed by atoms with Crippen molar-refractivity contribution in [3.8, 4) is 0 Å². The van der Waals surface area contributed by atoms with E-state index in [2.05, 4.69) is 4.99 Å². The zero-order valence-electron chi connectivity index (χ0n) is 17.9. The molecule has 5 nitrogen and oxygen atoms in total. The number of carbonyl (C=O) groups excluding carboxylic acids is 1. The summed E-state index contributed by atoms with van der Waals surface area (Å²) < 4.78 is 45.0. The van der Waals surface area contributed by atoms with Crippen molar-refractivity contribution in [1.29, 1.82) is 0 Å². The number of hydrogen-bond acceptors (Lipinski definition) is 3. The molecule has 1 aliphatic rings. The Hall–Kier alpha value is -2.74. The van der Waals surface area contributed by atoms with Crippen LogP contribution in [-0.4, -0.2) is 49.6 Å². The fourth-order valence-corrected chi connectivity index (χ4v) is 3.47. The predicted molar refractivity (Wildman–Crippen MR) is 119 cm³/mol. The molecule has 3 rings (SSSR count). The Kier molecular flexibility index (Phi) is 7.66. The molecule has 1 saturated heterocycles. The van der Waals surface area contributed by atoms with Crippen molar-refractivity contribution in [2.24, 2.45) is 10.9 Å². The van der Waals surface area contributed by atoms with Gasteiger partial charge in [-0.3, -0.25) is 4.79 Å². The smallest absolute Gasteiger partial charge is 0.416 e. The molecule has 0 spiro atoms. The molecule has 1 fully saturated rings. The minimum Gasteiger partial charge on any atom is -0.465 e. The van der Waals surface area contributed by atoms with Crippen LogP contribution < -0.4 is 4.90 Å². The Morgan fingerprint density at radius 2 is 1.78 bits per heavy atom. The van der Waals surface area contributed by atoms with Gasteiger partial charge in [0.2, 0.25) is 0 Å². The third kappa shape index (κ3) is 6.16. The molecular formula is C23H25ClF3N3O2. The fourth-order valence-electron chi connectivity index (χ4n) is 3.25. The summed E-state index contributed by atoms with van der Waals surface area (Å²) in [5, 5.41) is 0.304. The summed E-state index contributed by atoms with van der Waals surface area (Å²) in [4.78, 5) is 20.6. The van der Waals surface area contributed by atoms with Gasteiger partial charge in [-0.05, 0) is 36.2 Å². The van der Waals surface area contributed by atoms with E-state index < -0.39 is 17.6 Å². The van der Waals surface area contributed by atoms with Crippen molar-refractivity contribution in [1.82, 2.24) is 4.90 Å². The zero-order chi connectivity index (χ0) is 23.3. The molecule has 0 unspecified atom stereocenters. The van der Waals surface area contributed by atoms with Crippen molar-refractivity contribution >= 4 is 29.2 Å². The first kappa shape index (κ1) is 23.9. The van der Waals surface area contributed by atoms with Gasteiger partial charge in [0.15, 0.2) is 0 Å². The first-order chi connectivity index (χ1) is 15.1. The van der Waals surface area contributed by atoms with Crippen LogP contribution in [-0.2, 0) is 10.9 Å². The van der Waals surface area contributed by atoms with Crippen LogP contribution in [0.2, 0.25) is 5.02 Å². The number of carbonyl (C=O) groups is 1. The molecule has 1 heterocycles. The quantitative estimate of drug-likeness (QED) is 0.449. The Labute approximate surface area is 190 Å². The summed E-state index contributed by atoms with van der Waals surface area (Å²) in [5.41, 5.74) is 0.112. The Morgan fingerprint density at radius 1 is 1.09 bits per heavy atom. The highest BCUT2D eigenvalue weighted by Gasteiger charge is 2.31. The predicted octanol–water partition coefficient (Wildman–Crippen LogP) is 5.35. The molecule has 1 aliphatic heterocycles. The zero-order valence-corrected chi connectivity index (χ0v) is 18.7. The molecular weight excluding hydrogens is 443 g/mol. The molecule has 2 aromatic rings. The maximum absolute atomic E-state index is 13.0. The number of halogens is 4. The second-order valence-electron chi connectivity index (χ2n) is 7.91. The number of rotatable bonds is 4. The third-order valence-electron chi connectivity index (χ3n) is 4.94. The monoisotopic (exact) mass is 467 g/mol. The lowest BCUT2D eigenvalue weighted by Gasteiger charge is -2.37. The summed E-state index contributed by atoms with van der Waals surface area (Å²) in [7, 11) is 0. The molecule has 0 aliphatic carbocycles. The minimum absolute atomic E-state index is 0.201.